The van der Waals surface area contributed by atoms with Gasteiger partial charge < -0.3 is 9.80 Å². The van der Waals surface area contributed by atoms with E-state index in [0.29, 0.717) is 11.3 Å². The third-order valence-electron chi connectivity index (χ3n) is 4.01. The predicted molar refractivity (Wildman–Crippen MR) is 73.5 cm³/mol. The van der Waals surface area contributed by atoms with Gasteiger partial charge in [0.25, 0.3) is 0 Å². The molecule has 2 aliphatic rings. The quantitative estimate of drug-likeness (QED) is 0.665. The van der Waals surface area contributed by atoms with Gasteiger partial charge in [0.2, 0.25) is 0 Å². The number of thioether (sulfide) groups is 1. The van der Waals surface area contributed by atoms with Crippen LogP contribution in [0.4, 0.5) is 4.79 Å². The molecule has 2 unspecified atom stereocenters. The second kappa shape index (κ2) is 5.98. The number of hydrogen-bond acceptors (Lipinski definition) is 2. The minimum Gasteiger partial charge on any atom is -0.325 e. The third-order valence-corrected chi connectivity index (χ3v) is 5.34. The van der Waals surface area contributed by atoms with E-state index < -0.39 is 0 Å². The summed E-state index contributed by atoms with van der Waals surface area (Å²) in [5.74, 6) is 1.09. The van der Waals surface area contributed by atoms with E-state index >= 15 is 0 Å². The van der Waals surface area contributed by atoms with Gasteiger partial charge in [0, 0.05) is 36.7 Å². The lowest BCUT2D eigenvalue weighted by Crippen LogP contribution is -2.53. The monoisotopic (exact) mass is 256 g/mol. The summed E-state index contributed by atoms with van der Waals surface area (Å²) in [6.07, 6.45) is 4.92. The molecule has 0 radical (unpaired) electrons. The van der Waals surface area contributed by atoms with Crippen LogP contribution in [0.1, 0.15) is 39.5 Å². The average molecular weight is 256 g/mol. The Morgan fingerprint density at radius 1 is 1.06 bits per heavy atom. The van der Waals surface area contributed by atoms with Crippen molar-refractivity contribution in [3.63, 3.8) is 0 Å². The van der Waals surface area contributed by atoms with Crippen molar-refractivity contribution in [3.05, 3.63) is 0 Å². The fraction of sp³-hybridized carbons (Fsp3) is 0.923. The minimum absolute atomic E-state index is 0.284. The first-order valence-corrected chi connectivity index (χ1v) is 7.92. The van der Waals surface area contributed by atoms with Crippen LogP contribution in [-0.2, 0) is 0 Å². The van der Waals surface area contributed by atoms with Gasteiger partial charge in [-0.05, 0) is 19.8 Å². The summed E-state index contributed by atoms with van der Waals surface area (Å²) in [4.78, 5) is 16.7. The molecule has 2 amide bonds. The van der Waals surface area contributed by atoms with Gasteiger partial charge in [-0.2, -0.15) is 11.8 Å². The van der Waals surface area contributed by atoms with Crippen LogP contribution in [0.2, 0.25) is 0 Å². The van der Waals surface area contributed by atoms with Crippen molar-refractivity contribution >= 4 is 17.8 Å². The molecule has 98 valence electrons. The van der Waals surface area contributed by atoms with E-state index in [4.69, 9.17) is 0 Å². The van der Waals surface area contributed by atoms with Crippen molar-refractivity contribution in [2.75, 3.05) is 25.4 Å². The van der Waals surface area contributed by atoms with Gasteiger partial charge in [0.15, 0.2) is 0 Å². The maximum absolute atomic E-state index is 12.5. The summed E-state index contributed by atoms with van der Waals surface area (Å²) >= 11 is 1.99. The number of rotatable bonds is 0. The highest BCUT2D eigenvalue weighted by atomic mass is 32.2. The van der Waals surface area contributed by atoms with Crippen molar-refractivity contribution < 1.29 is 4.79 Å². The molecule has 0 aromatic rings. The maximum atomic E-state index is 12.5. The molecule has 2 saturated heterocycles. The van der Waals surface area contributed by atoms with Crippen molar-refractivity contribution in [3.8, 4) is 0 Å². The zero-order chi connectivity index (χ0) is 12.3. The molecule has 2 rings (SSSR count). The molecule has 3 nitrogen and oxygen atoms in total. The first-order valence-electron chi connectivity index (χ1n) is 6.87. The molecule has 0 bridgehead atoms. The summed E-state index contributed by atoms with van der Waals surface area (Å²) in [5, 5.41) is 0.569. The second-order valence-electron chi connectivity index (χ2n) is 5.19. The van der Waals surface area contributed by atoms with Crippen molar-refractivity contribution in [1.82, 2.24) is 9.80 Å². The lowest BCUT2D eigenvalue weighted by Gasteiger charge is -2.40. The summed E-state index contributed by atoms with van der Waals surface area (Å²) < 4.78 is 0. The van der Waals surface area contributed by atoms with Crippen LogP contribution in [0.3, 0.4) is 0 Å². The molecular weight excluding hydrogens is 232 g/mol. The number of carbonyl (C=O) groups is 1. The molecule has 4 heteroatoms. The summed E-state index contributed by atoms with van der Waals surface area (Å²) in [6, 6.07) is 0.663. The molecule has 2 fully saturated rings. The smallest absolute Gasteiger partial charge is 0.320 e. The standard InChI is InChI=1S/C13H24N2OS/c1-11-12(2)17-10-9-15(11)13(16)14-7-5-3-4-6-8-14/h11-12H,3-10H2,1-2H3. The van der Waals surface area contributed by atoms with Gasteiger partial charge in [-0.3, -0.25) is 0 Å². The molecule has 17 heavy (non-hydrogen) atoms. The van der Waals surface area contributed by atoms with E-state index in [-0.39, 0.29) is 6.03 Å². The zero-order valence-electron chi connectivity index (χ0n) is 11.0. The Morgan fingerprint density at radius 3 is 2.35 bits per heavy atom. The Hall–Kier alpha value is -0.380. The Kier molecular flexibility index (Phi) is 4.60. The van der Waals surface area contributed by atoms with Gasteiger partial charge in [0.05, 0.1) is 0 Å². The van der Waals surface area contributed by atoms with Crippen molar-refractivity contribution in [1.29, 1.82) is 0 Å². The van der Waals surface area contributed by atoms with Crippen LogP contribution in [-0.4, -0.2) is 52.5 Å². The van der Waals surface area contributed by atoms with Gasteiger partial charge in [0.1, 0.15) is 0 Å². The van der Waals surface area contributed by atoms with E-state index in [1.807, 2.05) is 11.8 Å². The highest BCUT2D eigenvalue weighted by molar-refractivity contribution is 8.00. The topological polar surface area (TPSA) is 23.6 Å². The number of hydrogen-bond donors (Lipinski definition) is 0. The third kappa shape index (κ3) is 3.09. The normalized spacial score (nSPS) is 31.2. The van der Waals surface area contributed by atoms with Crippen LogP contribution in [0.15, 0.2) is 0 Å². The van der Waals surface area contributed by atoms with E-state index in [2.05, 4.69) is 23.6 Å². The summed E-state index contributed by atoms with van der Waals surface area (Å²) in [7, 11) is 0. The van der Waals surface area contributed by atoms with Crippen LogP contribution in [0.25, 0.3) is 0 Å². The number of urea groups is 1. The molecule has 0 aliphatic carbocycles. The van der Waals surface area contributed by atoms with Gasteiger partial charge in [-0.15, -0.1) is 0 Å². The molecule has 2 heterocycles. The Bertz CT molecular complexity index is 264. The Labute approximate surface area is 109 Å². The lowest BCUT2D eigenvalue weighted by molar-refractivity contribution is 0.139. The fourth-order valence-corrected chi connectivity index (χ4v) is 3.75. The van der Waals surface area contributed by atoms with E-state index in [0.717, 1.165) is 25.4 Å². The molecule has 0 N–H and O–H groups in total. The first-order chi connectivity index (χ1) is 8.20. The first kappa shape index (κ1) is 13.1. The van der Waals surface area contributed by atoms with E-state index in [1.54, 1.807) is 0 Å². The lowest BCUT2D eigenvalue weighted by atomic mass is 10.2. The molecule has 2 aliphatic heterocycles. The Balaban J connectivity index is 1.97. The van der Waals surface area contributed by atoms with Crippen LogP contribution >= 0.6 is 11.8 Å². The maximum Gasteiger partial charge on any atom is 0.320 e. The second-order valence-corrected chi connectivity index (χ2v) is 6.68. The summed E-state index contributed by atoms with van der Waals surface area (Å²) in [5.41, 5.74) is 0. The van der Waals surface area contributed by atoms with Gasteiger partial charge >= 0.3 is 6.03 Å². The minimum atomic E-state index is 0.284. The van der Waals surface area contributed by atoms with Crippen LogP contribution in [0, 0.1) is 0 Å². The largest absolute Gasteiger partial charge is 0.325 e. The number of nitrogens with zero attached hydrogens (tertiary/aromatic N) is 2. The van der Waals surface area contributed by atoms with Crippen LogP contribution in [0.5, 0.6) is 0 Å². The van der Waals surface area contributed by atoms with Crippen molar-refractivity contribution in [2.45, 2.75) is 50.8 Å². The zero-order valence-corrected chi connectivity index (χ0v) is 11.8. The molecular formula is C13H24N2OS. The molecule has 0 aromatic heterocycles. The van der Waals surface area contributed by atoms with E-state index in [9.17, 15) is 4.79 Å². The predicted octanol–water partition coefficient (Wildman–Crippen LogP) is 2.81. The molecule has 0 aromatic carbocycles. The van der Waals surface area contributed by atoms with Gasteiger partial charge in [-0.25, -0.2) is 4.79 Å². The SMILES string of the molecule is CC1SCCN(C(=O)N2CCCCCC2)C1C. The molecule has 2 atom stereocenters. The molecule has 0 spiro atoms. The fourth-order valence-electron chi connectivity index (χ4n) is 2.65. The van der Waals surface area contributed by atoms with E-state index in [1.165, 1.54) is 25.7 Å². The summed E-state index contributed by atoms with van der Waals surface area (Å²) in [6.45, 7) is 7.27. The van der Waals surface area contributed by atoms with Gasteiger partial charge in [-0.1, -0.05) is 19.8 Å². The number of amides is 2. The average Bonchev–Trinajstić information content (AvgIpc) is 2.60. The van der Waals surface area contributed by atoms with Crippen molar-refractivity contribution in [2.24, 2.45) is 0 Å². The Morgan fingerprint density at radius 2 is 1.71 bits per heavy atom. The van der Waals surface area contributed by atoms with Crippen LogP contribution < -0.4 is 0 Å². The highest BCUT2D eigenvalue weighted by Gasteiger charge is 2.31. The number of likely N-dealkylation sites (tertiary alicyclic amines) is 1. The highest BCUT2D eigenvalue weighted by Crippen LogP contribution is 2.25. The molecule has 0 saturated carbocycles. The number of carbonyl (C=O) groups excluding carboxylic acids is 1.